The van der Waals surface area contributed by atoms with Gasteiger partial charge in [0, 0.05) is 35.0 Å². The summed E-state index contributed by atoms with van der Waals surface area (Å²) in [4.78, 5) is 14.1. The Bertz CT molecular complexity index is 1160. The molecule has 0 spiro atoms. The number of carbonyl (C=O) groups is 1. The van der Waals surface area contributed by atoms with Crippen molar-refractivity contribution in [1.29, 1.82) is 0 Å². The van der Waals surface area contributed by atoms with Crippen LogP contribution in [0.25, 0.3) is 21.9 Å². The fourth-order valence-corrected chi connectivity index (χ4v) is 3.27. The van der Waals surface area contributed by atoms with Crippen LogP contribution in [0, 0.1) is 0 Å². The van der Waals surface area contributed by atoms with Crippen molar-refractivity contribution in [3.05, 3.63) is 60.0 Å². The predicted octanol–water partition coefficient (Wildman–Crippen LogP) is 4.61. The van der Waals surface area contributed by atoms with E-state index in [0.29, 0.717) is 35.8 Å². The van der Waals surface area contributed by atoms with Gasteiger partial charge in [-0.05, 0) is 37.3 Å². The SMILES string of the molecule is COC[C@@H](C)Oc1ccc2c(COc3cccc4[nH]c(C(=O)O)cc34)coc2c1. The Kier molecular flexibility index (Phi) is 5.14. The zero-order chi connectivity index (χ0) is 20.4. The van der Waals surface area contributed by atoms with Gasteiger partial charge in [0.2, 0.25) is 0 Å². The summed E-state index contributed by atoms with van der Waals surface area (Å²) in [5, 5.41) is 10.8. The van der Waals surface area contributed by atoms with Gasteiger partial charge < -0.3 is 28.7 Å². The second-order valence-electron chi connectivity index (χ2n) is 6.80. The number of methoxy groups -OCH3 is 1. The van der Waals surface area contributed by atoms with Crippen molar-refractivity contribution in [3.8, 4) is 11.5 Å². The van der Waals surface area contributed by atoms with E-state index in [4.69, 9.17) is 18.6 Å². The van der Waals surface area contributed by atoms with Crippen LogP contribution >= 0.6 is 0 Å². The van der Waals surface area contributed by atoms with E-state index < -0.39 is 5.97 Å². The molecule has 4 rings (SSSR count). The van der Waals surface area contributed by atoms with E-state index in [9.17, 15) is 9.90 Å². The lowest BCUT2D eigenvalue weighted by Gasteiger charge is -2.13. The Morgan fingerprint density at radius 3 is 2.86 bits per heavy atom. The molecule has 0 unspecified atom stereocenters. The Morgan fingerprint density at radius 2 is 2.07 bits per heavy atom. The number of aromatic nitrogens is 1. The summed E-state index contributed by atoms with van der Waals surface area (Å²) in [5.74, 6) is 0.307. The number of benzene rings is 2. The zero-order valence-corrected chi connectivity index (χ0v) is 16.1. The van der Waals surface area contributed by atoms with E-state index in [2.05, 4.69) is 4.98 Å². The molecular formula is C22H21NO6. The summed E-state index contributed by atoms with van der Waals surface area (Å²) in [5.41, 5.74) is 2.44. The number of nitrogens with one attached hydrogen (secondary N) is 1. The van der Waals surface area contributed by atoms with Crippen molar-refractivity contribution >= 4 is 27.8 Å². The number of rotatable bonds is 8. The molecule has 1 atom stereocenters. The number of carboxylic acids is 1. The summed E-state index contributed by atoms with van der Waals surface area (Å²) < 4.78 is 22.5. The van der Waals surface area contributed by atoms with Gasteiger partial charge in [0.1, 0.15) is 35.5 Å². The molecule has 0 saturated carbocycles. The van der Waals surface area contributed by atoms with Crippen LogP contribution in [-0.4, -0.2) is 35.9 Å². The molecule has 4 aromatic rings. The maximum Gasteiger partial charge on any atom is 0.352 e. The van der Waals surface area contributed by atoms with E-state index in [1.807, 2.05) is 43.3 Å². The van der Waals surface area contributed by atoms with Crippen LogP contribution in [0.2, 0.25) is 0 Å². The number of hydrogen-bond acceptors (Lipinski definition) is 5. The Balaban J connectivity index is 1.53. The number of carboxylic acid groups (broad SMARTS) is 1. The first-order valence-electron chi connectivity index (χ1n) is 9.18. The Labute approximate surface area is 166 Å². The molecule has 2 aromatic carbocycles. The molecule has 150 valence electrons. The van der Waals surface area contributed by atoms with Crippen molar-refractivity contribution in [2.24, 2.45) is 0 Å². The molecule has 0 saturated heterocycles. The Hall–Kier alpha value is -3.45. The topological polar surface area (TPSA) is 93.9 Å². The molecule has 0 bridgehead atoms. The minimum Gasteiger partial charge on any atom is -0.488 e. The first-order chi connectivity index (χ1) is 14.0. The number of aromatic carboxylic acids is 1. The van der Waals surface area contributed by atoms with E-state index >= 15 is 0 Å². The molecule has 29 heavy (non-hydrogen) atoms. The fraction of sp³-hybridized carbons (Fsp3) is 0.227. The highest BCUT2D eigenvalue weighted by molar-refractivity contribution is 5.96. The summed E-state index contributed by atoms with van der Waals surface area (Å²) in [7, 11) is 1.64. The number of ether oxygens (including phenoxy) is 3. The molecule has 7 heteroatoms. The summed E-state index contributed by atoms with van der Waals surface area (Å²) in [6.45, 7) is 2.73. The van der Waals surface area contributed by atoms with Crippen molar-refractivity contribution < 1.29 is 28.5 Å². The first-order valence-corrected chi connectivity index (χ1v) is 9.18. The second kappa shape index (κ2) is 7.89. The number of H-pyrrole nitrogens is 1. The summed E-state index contributed by atoms with van der Waals surface area (Å²) in [6, 6.07) is 12.7. The molecule has 2 aromatic heterocycles. The third-order valence-electron chi connectivity index (χ3n) is 4.60. The average Bonchev–Trinajstić information content (AvgIpc) is 3.30. The number of fused-ring (bicyclic) bond motifs is 2. The van der Waals surface area contributed by atoms with Gasteiger partial charge in [-0.25, -0.2) is 4.79 Å². The lowest BCUT2D eigenvalue weighted by molar-refractivity contribution is 0.0691. The van der Waals surface area contributed by atoms with Gasteiger partial charge in [0.05, 0.1) is 12.9 Å². The van der Waals surface area contributed by atoms with Crippen molar-refractivity contribution in [2.45, 2.75) is 19.6 Å². The van der Waals surface area contributed by atoms with Gasteiger partial charge in [-0.2, -0.15) is 0 Å². The summed E-state index contributed by atoms with van der Waals surface area (Å²) >= 11 is 0. The van der Waals surface area contributed by atoms with Crippen LogP contribution in [0.1, 0.15) is 23.0 Å². The third-order valence-corrected chi connectivity index (χ3v) is 4.60. The molecule has 7 nitrogen and oxygen atoms in total. The van der Waals surface area contributed by atoms with E-state index in [-0.39, 0.29) is 11.8 Å². The van der Waals surface area contributed by atoms with Crippen LogP contribution in [0.15, 0.2) is 53.1 Å². The van der Waals surface area contributed by atoms with Gasteiger partial charge in [-0.1, -0.05) is 6.07 Å². The van der Waals surface area contributed by atoms with Gasteiger partial charge in [-0.15, -0.1) is 0 Å². The largest absolute Gasteiger partial charge is 0.488 e. The van der Waals surface area contributed by atoms with Gasteiger partial charge in [-0.3, -0.25) is 0 Å². The molecule has 2 N–H and O–H groups in total. The maximum absolute atomic E-state index is 11.2. The van der Waals surface area contributed by atoms with Crippen molar-refractivity contribution in [2.75, 3.05) is 13.7 Å². The highest BCUT2D eigenvalue weighted by Gasteiger charge is 2.13. The molecule has 2 heterocycles. The van der Waals surface area contributed by atoms with Crippen molar-refractivity contribution in [1.82, 2.24) is 4.98 Å². The summed E-state index contributed by atoms with van der Waals surface area (Å²) in [6.07, 6.45) is 1.60. The average molecular weight is 395 g/mol. The molecule has 0 fully saturated rings. The van der Waals surface area contributed by atoms with E-state index in [1.165, 1.54) is 0 Å². The van der Waals surface area contributed by atoms with E-state index in [1.54, 1.807) is 19.4 Å². The normalized spacial score (nSPS) is 12.3. The molecule has 0 amide bonds. The van der Waals surface area contributed by atoms with Crippen LogP contribution in [-0.2, 0) is 11.3 Å². The standard InChI is InChI=1S/C22H21NO6/c1-13(10-26-2)29-15-6-7-16-14(12-28-21(16)8-15)11-27-20-5-3-4-18-17(20)9-19(23-18)22(24)25/h3-9,12-13,23H,10-11H2,1-2H3,(H,24,25)/t13-/m1/s1. The van der Waals surface area contributed by atoms with Crippen LogP contribution < -0.4 is 9.47 Å². The monoisotopic (exact) mass is 395 g/mol. The minimum atomic E-state index is -1.01. The van der Waals surface area contributed by atoms with Crippen LogP contribution in [0.5, 0.6) is 11.5 Å². The number of furan rings is 1. The molecule has 0 radical (unpaired) electrons. The minimum absolute atomic E-state index is 0.0623. The first kappa shape index (κ1) is 18.9. The number of aromatic amines is 1. The molecule has 0 aliphatic heterocycles. The lowest BCUT2D eigenvalue weighted by Crippen LogP contribution is -2.17. The molecular weight excluding hydrogens is 374 g/mol. The lowest BCUT2D eigenvalue weighted by atomic mass is 10.2. The van der Waals surface area contributed by atoms with Gasteiger partial charge in [0.15, 0.2) is 0 Å². The maximum atomic E-state index is 11.2. The molecule has 0 aliphatic carbocycles. The highest BCUT2D eigenvalue weighted by Crippen LogP contribution is 2.30. The van der Waals surface area contributed by atoms with E-state index in [0.717, 1.165) is 16.3 Å². The molecule has 0 aliphatic rings. The third kappa shape index (κ3) is 3.90. The van der Waals surface area contributed by atoms with Crippen LogP contribution in [0.4, 0.5) is 0 Å². The smallest absolute Gasteiger partial charge is 0.352 e. The fourth-order valence-electron chi connectivity index (χ4n) is 3.27. The van der Waals surface area contributed by atoms with Crippen LogP contribution in [0.3, 0.4) is 0 Å². The Morgan fingerprint density at radius 1 is 1.21 bits per heavy atom. The highest BCUT2D eigenvalue weighted by atomic mass is 16.5. The second-order valence-corrected chi connectivity index (χ2v) is 6.80. The van der Waals surface area contributed by atoms with Crippen molar-refractivity contribution in [3.63, 3.8) is 0 Å². The van der Waals surface area contributed by atoms with Gasteiger partial charge >= 0.3 is 5.97 Å². The predicted molar refractivity (Wildman–Crippen MR) is 108 cm³/mol. The van der Waals surface area contributed by atoms with Gasteiger partial charge in [0.25, 0.3) is 0 Å². The number of hydrogen-bond donors (Lipinski definition) is 2. The zero-order valence-electron chi connectivity index (χ0n) is 16.1. The quantitative estimate of drug-likeness (QED) is 0.453.